The summed E-state index contributed by atoms with van der Waals surface area (Å²) in [4.78, 5) is 17.2. The van der Waals surface area contributed by atoms with Crippen LogP contribution in [0.25, 0.3) is 5.70 Å². The van der Waals surface area contributed by atoms with E-state index in [4.69, 9.17) is 9.47 Å². The molecule has 0 spiro atoms. The molecule has 0 aromatic carbocycles. The normalized spacial score (nSPS) is 14.2. The third kappa shape index (κ3) is 6.04. The molecular weight excluding hydrogens is 396 g/mol. The van der Waals surface area contributed by atoms with Crippen molar-refractivity contribution in [1.29, 1.82) is 0 Å². The highest BCUT2D eigenvalue weighted by molar-refractivity contribution is 8.02. The number of nitrogens with one attached hydrogen (secondary N) is 2. The quantitative estimate of drug-likeness (QED) is 0.367. The van der Waals surface area contributed by atoms with Gasteiger partial charge in [-0.25, -0.2) is 9.97 Å². The molecule has 2 aromatic rings. The van der Waals surface area contributed by atoms with Gasteiger partial charge in [-0.05, 0) is 24.8 Å². The standard InChI is InChI=1S/C18H22N6O2S2/c1-19-14(10-27-12-26-9-13-4-5-16(25-2)22-8-13)15-11-28-18(23-15)24-17-20-6-3-7-21-17/h4-5,8,10-11H,1,3,6-7,9,12H2,2H3,(H2,20,21,23,24)/b14-10-. The fourth-order valence-corrected chi connectivity index (χ4v) is 3.59. The Hall–Kier alpha value is -2.43. The number of anilines is 1. The maximum Gasteiger partial charge on any atom is 0.212 e. The molecule has 8 nitrogen and oxygen atoms in total. The number of aromatic nitrogens is 2. The summed E-state index contributed by atoms with van der Waals surface area (Å²) in [6, 6.07) is 3.74. The summed E-state index contributed by atoms with van der Waals surface area (Å²) in [5.74, 6) is 1.84. The summed E-state index contributed by atoms with van der Waals surface area (Å²) >= 11 is 3.00. The Bertz CT molecular complexity index is 835. The van der Waals surface area contributed by atoms with Crippen LogP contribution in [-0.2, 0) is 11.3 Å². The van der Waals surface area contributed by atoms with Gasteiger partial charge < -0.3 is 20.1 Å². The molecule has 0 amide bonds. The van der Waals surface area contributed by atoms with Crippen LogP contribution in [-0.4, -0.2) is 48.8 Å². The average molecular weight is 419 g/mol. The molecule has 1 aliphatic heterocycles. The van der Waals surface area contributed by atoms with Crippen LogP contribution in [0.3, 0.4) is 0 Å². The molecule has 0 saturated heterocycles. The number of thiazole rings is 1. The monoisotopic (exact) mass is 418 g/mol. The van der Waals surface area contributed by atoms with Crippen LogP contribution in [0.5, 0.6) is 5.88 Å². The lowest BCUT2D eigenvalue weighted by Gasteiger charge is -2.14. The van der Waals surface area contributed by atoms with E-state index in [0.29, 0.717) is 24.1 Å². The van der Waals surface area contributed by atoms with E-state index in [2.05, 4.69) is 37.3 Å². The maximum atomic E-state index is 5.65. The SMILES string of the molecule is C=N/C(=C\SCOCc1ccc(OC)nc1)c1csc(NC2=NCCCN2)n1. The molecule has 2 aromatic heterocycles. The zero-order valence-corrected chi connectivity index (χ0v) is 17.2. The number of hydrogen-bond acceptors (Lipinski definition) is 10. The molecule has 2 N–H and O–H groups in total. The molecule has 0 radical (unpaired) electrons. The van der Waals surface area contributed by atoms with Crippen LogP contribution in [0.15, 0.2) is 39.1 Å². The van der Waals surface area contributed by atoms with E-state index < -0.39 is 0 Å². The Morgan fingerprint density at radius 1 is 1.50 bits per heavy atom. The van der Waals surface area contributed by atoms with Gasteiger partial charge in [0.05, 0.1) is 25.4 Å². The third-order valence-corrected chi connectivity index (χ3v) is 5.13. The van der Waals surface area contributed by atoms with Crippen molar-refractivity contribution in [3.8, 4) is 5.88 Å². The Morgan fingerprint density at radius 2 is 2.43 bits per heavy atom. The topological polar surface area (TPSA) is 93.0 Å². The molecule has 10 heteroatoms. The number of thioether (sulfide) groups is 1. The van der Waals surface area contributed by atoms with Crippen LogP contribution in [0, 0.1) is 0 Å². The van der Waals surface area contributed by atoms with E-state index in [1.54, 1.807) is 13.3 Å². The first kappa shape index (κ1) is 20.3. The van der Waals surface area contributed by atoms with Crippen molar-refractivity contribution in [2.24, 2.45) is 9.98 Å². The Kier molecular flexibility index (Phi) is 7.82. The van der Waals surface area contributed by atoms with Gasteiger partial charge >= 0.3 is 0 Å². The van der Waals surface area contributed by atoms with Gasteiger partial charge in [0.1, 0.15) is 5.69 Å². The van der Waals surface area contributed by atoms with Crippen molar-refractivity contribution in [2.45, 2.75) is 13.0 Å². The van der Waals surface area contributed by atoms with Gasteiger partial charge in [0.25, 0.3) is 0 Å². The first-order valence-corrected chi connectivity index (χ1v) is 10.6. The van der Waals surface area contributed by atoms with Crippen LogP contribution < -0.4 is 15.4 Å². The molecule has 3 rings (SSSR count). The molecule has 28 heavy (non-hydrogen) atoms. The molecule has 0 aliphatic carbocycles. The second kappa shape index (κ2) is 10.8. The molecule has 0 fully saturated rings. The van der Waals surface area contributed by atoms with Crippen molar-refractivity contribution in [1.82, 2.24) is 15.3 Å². The maximum absolute atomic E-state index is 5.65. The predicted octanol–water partition coefficient (Wildman–Crippen LogP) is 3.21. The van der Waals surface area contributed by atoms with Gasteiger partial charge in [0.15, 0.2) is 11.1 Å². The second-order valence-corrected chi connectivity index (χ2v) is 7.34. The smallest absolute Gasteiger partial charge is 0.212 e. The van der Waals surface area contributed by atoms with Crippen molar-refractivity contribution < 1.29 is 9.47 Å². The molecule has 0 bridgehead atoms. The summed E-state index contributed by atoms with van der Waals surface area (Å²) < 4.78 is 10.7. The van der Waals surface area contributed by atoms with E-state index >= 15 is 0 Å². The molecule has 1 aliphatic rings. The van der Waals surface area contributed by atoms with Gasteiger partial charge in [0, 0.05) is 36.1 Å². The summed E-state index contributed by atoms with van der Waals surface area (Å²) in [5, 5.41) is 11.0. The van der Waals surface area contributed by atoms with Crippen molar-refractivity contribution in [2.75, 3.05) is 31.5 Å². The van der Waals surface area contributed by atoms with E-state index in [9.17, 15) is 0 Å². The van der Waals surface area contributed by atoms with Gasteiger partial charge in [-0.3, -0.25) is 9.98 Å². The van der Waals surface area contributed by atoms with Gasteiger partial charge in [-0.1, -0.05) is 0 Å². The highest BCUT2D eigenvalue weighted by Crippen LogP contribution is 2.24. The number of nitrogens with zero attached hydrogens (tertiary/aromatic N) is 4. The first-order chi connectivity index (χ1) is 13.8. The number of rotatable bonds is 9. The Morgan fingerprint density at radius 3 is 3.14 bits per heavy atom. The fraction of sp³-hybridized carbons (Fsp3) is 0.333. The first-order valence-electron chi connectivity index (χ1n) is 8.65. The van der Waals surface area contributed by atoms with E-state index in [-0.39, 0.29) is 0 Å². The summed E-state index contributed by atoms with van der Waals surface area (Å²) in [6.45, 7) is 5.87. The average Bonchev–Trinajstić information content (AvgIpc) is 3.20. The largest absolute Gasteiger partial charge is 0.481 e. The molecular formula is C18H22N6O2S2. The summed E-state index contributed by atoms with van der Waals surface area (Å²) in [6.07, 6.45) is 2.79. The lowest BCUT2D eigenvalue weighted by Crippen LogP contribution is -2.35. The molecule has 3 heterocycles. The van der Waals surface area contributed by atoms with Crippen LogP contribution in [0.4, 0.5) is 5.13 Å². The van der Waals surface area contributed by atoms with E-state index in [1.165, 1.54) is 23.1 Å². The third-order valence-electron chi connectivity index (χ3n) is 3.68. The predicted molar refractivity (Wildman–Crippen MR) is 116 cm³/mol. The zero-order valence-electron chi connectivity index (χ0n) is 15.6. The molecule has 0 unspecified atom stereocenters. The number of aliphatic imine (C=N–C) groups is 2. The van der Waals surface area contributed by atoms with Gasteiger partial charge in [-0.2, -0.15) is 0 Å². The lowest BCUT2D eigenvalue weighted by atomic mass is 10.3. The minimum absolute atomic E-state index is 0.481. The van der Waals surface area contributed by atoms with Crippen molar-refractivity contribution in [3.05, 3.63) is 40.4 Å². The number of pyridine rings is 1. The number of hydrogen-bond donors (Lipinski definition) is 2. The molecule has 0 saturated carbocycles. The molecule has 0 atom stereocenters. The minimum Gasteiger partial charge on any atom is -0.481 e. The van der Waals surface area contributed by atoms with Crippen molar-refractivity contribution in [3.63, 3.8) is 0 Å². The second-order valence-electron chi connectivity index (χ2n) is 5.68. The van der Waals surface area contributed by atoms with Gasteiger partial charge in [0.2, 0.25) is 5.88 Å². The highest BCUT2D eigenvalue weighted by Gasteiger charge is 2.09. The van der Waals surface area contributed by atoms with Crippen LogP contribution in [0.2, 0.25) is 0 Å². The van der Waals surface area contributed by atoms with Crippen LogP contribution >= 0.6 is 23.1 Å². The van der Waals surface area contributed by atoms with Gasteiger partial charge in [-0.15, -0.1) is 23.1 Å². The van der Waals surface area contributed by atoms with Crippen LogP contribution in [0.1, 0.15) is 17.7 Å². The Labute approximate surface area is 172 Å². The number of methoxy groups -OCH3 is 1. The highest BCUT2D eigenvalue weighted by atomic mass is 32.2. The van der Waals surface area contributed by atoms with Crippen molar-refractivity contribution >= 4 is 46.6 Å². The lowest BCUT2D eigenvalue weighted by molar-refractivity contribution is 0.169. The Balaban J connectivity index is 1.46. The summed E-state index contributed by atoms with van der Waals surface area (Å²) in [7, 11) is 1.59. The fourth-order valence-electron chi connectivity index (χ4n) is 2.28. The molecule has 148 valence electrons. The number of guanidine groups is 1. The van der Waals surface area contributed by atoms with E-state index in [0.717, 1.165) is 41.9 Å². The summed E-state index contributed by atoms with van der Waals surface area (Å²) in [5.41, 5.74) is 2.47. The zero-order chi connectivity index (χ0) is 19.6. The van der Waals surface area contributed by atoms with E-state index in [1.807, 2.05) is 22.9 Å². The minimum atomic E-state index is 0.481. The number of ether oxygens (including phenoxy) is 2.